The molecule has 6 heteroatoms. The molecule has 1 saturated heterocycles. The summed E-state index contributed by atoms with van der Waals surface area (Å²) in [5, 5.41) is 3.31. The SMILES string of the molecule is CCN(C(=O)CC1COCCN1)c1ccc(OC)cc1.Cl. The lowest BCUT2D eigenvalue weighted by Crippen LogP contribution is -2.45. The molecule has 2 rings (SSSR count). The number of benzene rings is 1. The molecule has 0 saturated carbocycles. The summed E-state index contributed by atoms with van der Waals surface area (Å²) in [6.07, 6.45) is 0.458. The fourth-order valence-electron chi connectivity index (χ4n) is 2.34. The van der Waals surface area contributed by atoms with Crippen LogP contribution in [-0.4, -0.2) is 45.4 Å². The largest absolute Gasteiger partial charge is 0.497 e. The first-order valence-corrected chi connectivity index (χ1v) is 7.00. The van der Waals surface area contributed by atoms with Crippen LogP contribution in [0.3, 0.4) is 0 Å². The Balaban J connectivity index is 0.00000220. The van der Waals surface area contributed by atoms with Crippen LogP contribution in [0.15, 0.2) is 24.3 Å². The van der Waals surface area contributed by atoms with Crippen molar-refractivity contribution in [1.29, 1.82) is 0 Å². The van der Waals surface area contributed by atoms with Crippen LogP contribution >= 0.6 is 12.4 Å². The lowest BCUT2D eigenvalue weighted by atomic mass is 10.1. The Morgan fingerprint density at radius 3 is 2.67 bits per heavy atom. The quantitative estimate of drug-likeness (QED) is 0.901. The second-order valence-corrected chi connectivity index (χ2v) is 4.77. The number of morpholine rings is 1. The van der Waals surface area contributed by atoms with Crippen molar-refractivity contribution in [3.05, 3.63) is 24.3 Å². The van der Waals surface area contributed by atoms with Crippen LogP contribution in [0, 0.1) is 0 Å². The van der Waals surface area contributed by atoms with Crippen LogP contribution in [0.2, 0.25) is 0 Å². The standard InChI is InChI=1S/C15H22N2O3.ClH/c1-3-17(13-4-6-14(19-2)7-5-13)15(18)10-12-11-20-9-8-16-12;/h4-7,12,16H,3,8-11H2,1-2H3;1H. The van der Waals surface area contributed by atoms with Gasteiger partial charge in [0, 0.05) is 31.2 Å². The van der Waals surface area contributed by atoms with Crippen molar-refractivity contribution in [2.75, 3.05) is 38.3 Å². The van der Waals surface area contributed by atoms with Crippen molar-refractivity contribution >= 4 is 24.0 Å². The lowest BCUT2D eigenvalue weighted by Gasteiger charge is -2.27. The summed E-state index contributed by atoms with van der Waals surface area (Å²) in [5.74, 6) is 0.903. The number of nitrogens with zero attached hydrogens (tertiary/aromatic N) is 1. The van der Waals surface area contributed by atoms with Gasteiger partial charge in [0.15, 0.2) is 0 Å². The second-order valence-electron chi connectivity index (χ2n) is 4.77. The average Bonchev–Trinajstić information content (AvgIpc) is 2.49. The molecular weight excluding hydrogens is 292 g/mol. The number of carbonyl (C=O) groups is 1. The molecule has 21 heavy (non-hydrogen) atoms. The fraction of sp³-hybridized carbons (Fsp3) is 0.533. The van der Waals surface area contributed by atoms with Gasteiger partial charge in [-0.3, -0.25) is 4.79 Å². The van der Waals surface area contributed by atoms with Crippen molar-refractivity contribution in [2.24, 2.45) is 0 Å². The number of amides is 1. The number of methoxy groups -OCH3 is 1. The van der Waals surface area contributed by atoms with E-state index in [9.17, 15) is 4.79 Å². The predicted molar refractivity (Wildman–Crippen MR) is 85.5 cm³/mol. The lowest BCUT2D eigenvalue weighted by molar-refractivity contribution is -0.119. The van der Waals surface area contributed by atoms with E-state index in [2.05, 4.69) is 5.32 Å². The maximum Gasteiger partial charge on any atom is 0.228 e. The van der Waals surface area contributed by atoms with Gasteiger partial charge >= 0.3 is 0 Å². The Morgan fingerprint density at radius 2 is 2.14 bits per heavy atom. The van der Waals surface area contributed by atoms with Gasteiger partial charge in [-0.2, -0.15) is 0 Å². The monoisotopic (exact) mass is 314 g/mol. The minimum Gasteiger partial charge on any atom is -0.497 e. The highest BCUT2D eigenvalue weighted by atomic mass is 35.5. The third-order valence-corrected chi connectivity index (χ3v) is 3.42. The van der Waals surface area contributed by atoms with Crippen LogP contribution in [0.4, 0.5) is 5.69 Å². The molecule has 5 nitrogen and oxygen atoms in total. The molecule has 0 aromatic heterocycles. The van der Waals surface area contributed by atoms with Gasteiger partial charge in [0.2, 0.25) is 5.91 Å². The summed E-state index contributed by atoms with van der Waals surface area (Å²) in [5.41, 5.74) is 0.898. The maximum atomic E-state index is 12.4. The highest BCUT2D eigenvalue weighted by Gasteiger charge is 2.21. The number of rotatable bonds is 5. The van der Waals surface area contributed by atoms with E-state index < -0.39 is 0 Å². The molecule has 118 valence electrons. The molecule has 1 heterocycles. The van der Waals surface area contributed by atoms with Crippen LogP contribution < -0.4 is 15.0 Å². The molecule has 1 aromatic carbocycles. The first-order valence-electron chi connectivity index (χ1n) is 7.00. The summed E-state index contributed by atoms with van der Waals surface area (Å²) in [6, 6.07) is 7.67. The Kier molecular flexibility index (Phi) is 7.50. The van der Waals surface area contributed by atoms with E-state index in [1.807, 2.05) is 31.2 Å². The smallest absolute Gasteiger partial charge is 0.228 e. The Labute approximate surface area is 132 Å². The summed E-state index contributed by atoms with van der Waals surface area (Å²) in [7, 11) is 1.63. The van der Waals surface area contributed by atoms with Crippen LogP contribution in [0.5, 0.6) is 5.75 Å². The molecular formula is C15H23ClN2O3. The first kappa shape index (κ1) is 17.8. The highest BCUT2D eigenvalue weighted by Crippen LogP contribution is 2.20. The summed E-state index contributed by atoms with van der Waals surface area (Å²) in [4.78, 5) is 14.2. The zero-order chi connectivity index (χ0) is 14.4. The van der Waals surface area contributed by atoms with E-state index in [-0.39, 0.29) is 24.4 Å². The topological polar surface area (TPSA) is 50.8 Å². The van der Waals surface area contributed by atoms with E-state index >= 15 is 0 Å². The minimum atomic E-state index is 0. The van der Waals surface area contributed by atoms with Crippen molar-refractivity contribution in [1.82, 2.24) is 5.32 Å². The Morgan fingerprint density at radius 1 is 1.43 bits per heavy atom. The van der Waals surface area contributed by atoms with Gasteiger partial charge in [0.1, 0.15) is 5.75 Å². The maximum absolute atomic E-state index is 12.4. The zero-order valence-corrected chi connectivity index (χ0v) is 13.3. The molecule has 0 bridgehead atoms. The Hall–Kier alpha value is -1.30. The van der Waals surface area contributed by atoms with Crippen LogP contribution in [0.25, 0.3) is 0 Å². The number of carbonyl (C=O) groups excluding carboxylic acids is 1. The van der Waals surface area contributed by atoms with Gasteiger partial charge in [0.25, 0.3) is 0 Å². The van der Waals surface area contributed by atoms with Crippen LogP contribution in [0.1, 0.15) is 13.3 Å². The van der Waals surface area contributed by atoms with Gasteiger partial charge < -0.3 is 19.7 Å². The van der Waals surface area contributed by atoms with Crippen molar-refractivity contribution in [3.8, 4) is 5.75 Å². The molecule has 1 amide bonds. The molecule has 1 fully saturated rings. The minimum absolute atomic E-state index is 0. The van der Waals surface area contributed by atoms with Gasteiger partial charge in [-0.1, -0.05) is 0 Å². The van der Waals surface area contributed by atoms with E-state index in [0.29, 0.717) is 19.6 Å². The second kappa shape index (κ2) is 8.87. The van der Waals surface area contributed by atoms with Gasteiger partial charge in [-0.25, -0.2) is 0 Å². The van der Waals surface area contributed by atoms with E-state index in [0.717, 1.165) is 24.6 Å². The normalized spacial score (nSPS) is 17.7. The summed E-state index contributed by atoms with van der Waals surface area (Å²) in [6.45, 7) is 4.77. The molecule has 1 aliphatic rings. The predicted octanol–water partition coefficient (Wildman–Crippen LogP) is 1.85. The number of hydrogen-bond donors (Lipinski definition) is 1. The van der Waals surface area contributed by atoms with Crippen molar-refractivity contribution < 1.29 is 14.3 Å². The van der Waals surface area contributed by atoms with Gasteiger partial charge in [-0.05, 0) is 31.2 Å². The highest BCUT2D eigenvalue weighted by molar-refractivity contribution is 5.93. The van der Waals surface area contributed by atoms with Gasteiger partial charge in [0.05, 0.1) is 20.3 Å². The number of ether oxygens (including phenoxy) is 2. The van der Waals surface area contributed by atoms with E-state index in [4.69, 9.17) is 9.47 Å². The van der Waals surface area contributed by atoms with Crippen molar-refractivity contribution in [3.63, 3.8) is 0 Å². The molecule has 1 aromatic rings. The van der Waals surface area contributed by atoms with Crippen LogP contribution in [-0.2, 0) is 9.53 Å². The molecule has 0 radical (unpaired) electrons. The first-order chi connectivity index (χ1) is 9.74. The fourth-order valence-corrected chi connectivity index (χ4v) is 2.34. The Bertz CT molecular complexity index is 433. The molecule has 1 N–H and O–H groups in total. The van der Waals surface area contributed by atoms with E-state index in [1.54, 1.807) is 12.0 Å². The number of anilines is 1. The molecule has 0 spiro atoms. The third kappa shape index (κ3) is 4.88. The summed E-state index contributed by atoms with van der Waals surface area (Å²) >= 11 is 0. The molecule has 1 aliphatic heterocycles. The van der Waals surface area contributed by atoms with E-state index in [1.165, 1.54) is 0 Å². The molecule has 0 aliphatic carbocycles. The number of halogens is 1. The average molecular weight is 315 g/mol. The molecule has 1 atom stereocenters. The number of nitrogens with one attached hydrogen (secondary N) is 1. The van der Waals surface area contributed by atoms with Crippen molar-refractivity contribution in [2.45, 2.75) is 19.4 Å². The number of hydrogen-bond acceptors (Lipinski definition) is 4. The molecule has 1 unspecified atom stereocenters. The zero-order valence-electron chi connectivity index (χ0n) is 12.5. The van der Waals surface area contributed by atoms with Gasteiger partial charge in [-0.15, -0.1) is 12.4 Å². The summed E-state index contributed by atoms with van der Waals surface area (Å²) < 4.78 is 10.5. The third-order valence-electron chi connectivity index (χ3n) is 3.42.